The number of aryl methyl sites for hydroxylation is 4. The molecule has 0 aliphatic heterocycles. The quantitative estimate of drug-likeness (QED) is 0.0214. The monoisotopic (exact) mass is 1150 g/mol. The Morgan fingerprint density at radius 3 is 1.40 bits per heavy atom. The van der Waals surface area contributed by atoms with Gasteiger partial charge in [-0.2, -0.15) is 15.2 Å². The summed E-state index contributed by atoms with van der Waals surface area (Å²) in [6.07, 6.45) is 5.27. The summed E-state index contributed by atoms with van der Waals surface area (Å²) in [6, 6.07) is 3.83. The molecule has 23 nitrogen and oxygen atoms in total. The van der Waals surface area contributed by atoms with E-state index in [0.717, 1.165) is 29.7 Å². The molecule has 0 atom stereocenters. The summed E-state index contributed by atoms with van der Waals surface area (Å²) in [7, 11) is 0. The van der Waals surface area contributed by atoms with E-state index in [-0.39, 0.29) is 61.6 Å². The van der Waals surface area contributed by atoms with Crippen molar-refractivity contribution in [3.63, 3.8) is 0 Å². The van der Waals surface area contributed by atoms with Gasteiger partial charge in [0, 0.05) is 24.9 Å². The first-order valence-corrected chi connectivity index (χ1v) is 24.7. The Bertz CT molecular complexity index is 2760. The van der Waals surface area contributed by atoms with Crippen LogP contribution in [0.3, 0.4) is 0 Å². The van der Waals surface area contributed by atoms with Gasteiger partial charge in [0.05, 0.1) is 47.6 Å². The van der Waals surface area contributed by atoms with Crippen molar-refractivity contribution in [2.45, 2.75) is 61.8 Å². The highest BCUT2D eigenvalue weighted by atomic mass is 36.0. The number of nitrogens with one attached hydrogen (secondary N) is 4. The van der Waals surface area contributed by atoms with E-state index in [1.807, 2.05) is 39.8 Å². The van der Waals surface area contributed by atoms with Crippen LogP contribution in [0.25, 0.3) is 11.9 Å². The van der Waals surface area contributed by atoms with Gasteiger partial charge in [-0.3, -0.25) is 53.7 Å². The number of aliphatic hydroxyl groups is 1. The SMILES string of the molecule is CC(=O)CC(C)=O.CC(=O)O.CCO.Cc1cc(C)n(-c2ncc(Cl)c(=O)[nH]2)n1.Cc1cc(C)n(-c2ncc(Cl)c(Cl)n2)n1.NNc1ncc(Cl)c(=O)[nH]1.O=P(Cl)(Cl)Cl.O=c1[nH]c(Cl)ncc1Cl. The zero-order valence-corrected chi connectivity index (χ0v) is 44.3. The molecule has 0 spiro atoms. The van der Waals surface area contributed by atoms with Crippen molar-refractivity contribution in [1.82, 2.24) is 59.4 Å². The Hall–Kier alpha value is -4.49. The van der Waals surface area contributed by atoms with Crippen LogP contribution in [-0.2, 0) is 18.9 Å². The summed E-state index contributed by atoms with van der Waals surface area (Å²) < 4.78 is 12.7. The molecule has 0 aliphatic rings. The summed E-state index contributed by atoms with van der Waals surface area (Å²) in [5.74, 6) is 4.97. The Balaban J connectivity index is 0. The molecule has 6 heterocycles. The number of nitrogens with two attached hydrogens (primary N) is 1. The fraction of sp³-hybridized carbons (Fsp3) is 0.286. The second-order valence-electron chi connectivity index (χ2n) is 12.1. The standard InChI is InChI=1S/C9H8Cl2N4.C9H9ClN4O.C5H8O2.C4H2Cl2N2O.C4H5ClN4O.C2H4O2.C2H6O.Cl3OP/c1-5-3-6(2)15(14-5)9-12-4-7(10)8(11)13-9;1-5-3-6(2)14(13-5)9-11-4-7(10)8(15)12-9;1-4(6)3-5(2)7;5-2-1-7-4(6)8-3(2)9;5-2-1-7-4(9-6)8-3(2)10;1-2(3)4;1-2-3;1-5(2,3)4/h3-4H,1-2H3;3-4H,1-2H3,(H,11,12,15);3H2,1-2H3;1H,(H,7,8,9);1H,6H2,(H2,7,8,9,10);1H3,(H,3,4);3H,2H2,1H3;. The topological polar surface area (TPSA) is 345 Å². The van der Waals surface area contributed by atoms with E-state index in [4.69, 9.17) is 90.5 Å². The molecular formula is C35H42Cl9N14O9P. The highest BCUT2D eigenvalue weighted by molar-refractivity contribution is 8.24. The van der Waals surface area contributed by atoms with Gasteiger partial charge in [0.2, 0.25) is 17.2 Å². The number of aromatic nitrogens is 12. The van der Waals surface area contributed by atoms with E-state index in [2.05, 4.69) is 89.2 Å². The van der Waals surface area contributed by atoms with Gasteiger partial charge in [-0.25, -0.2) is 35.1 Å². The van der Waals surface area contributed by atoms with Gasteiger partial charge in [0.25, 0.3) is 28.6 Å². The minimum absolute atomic E-state index is 0.0407. The minimum atomic E-state index is -3.22. The van der Waals surface area contributed by atoms with E-state index in [9.17, 15) is 28.5 Å². The zero-order chi connectivity index (χ0) is 53.1. The van der Waals surface area contributed by atoms with Crippen molar-refractivity contribution in [1.29, 1.82) is 0 Å². The number of carboxylic acid groups (broad SMARTS) is 1. The number of carboxylic acids is 1. The molecule has 0 aromatic carbocycles. The Kier molecular flexibility index (Phi) is 32.7. The molecule has 33 heteroatoms. The van der Waals surface area contributed by atoms with Crippen LogP contribution in [0.5, 0.6) is 0 Å². The van der Waals surface area contributed by atoms with Gasteiger partial charge < -0.3 is 10.2 Å². The Labute approximate surface area is 430 Å². The van der Waals surface area contributed by atoms with Crippen LogP contribution in [0.4, 0.5) is 5.95 Å². The number of hydrazine groups is 1. The number of rotatable bonds is 5. The molecule has 6 aromatic rings. The van der Waals surface area contributed by atoms with E-state index in [0.29, 0.717) is 16.9 Å². The number of aliphatic carboxylic acids is 1. The number of aromatic amines is 3. The lowest BCUT2D eigenvalue weighted by molar-refractivity contribution is -0.134. The predicted octanol–water partition coefficient (Wildman–Crippen LogP) is 8.05. The van der Waals surface area contributed by atoms with Gasteiger partial charge >= 0.3 is 5.20 Å². The van der Waals surface area contributed by atoms with Crippen LogP contribution in [0, 0.1) is 27.7 Å². The molecule has 0 saturated heterocycles. The number of carbonyl (C=O) groups excluding carboxylic acids is 2. The van der Waals surface area contributed by atoms with Gasteiger partial charge in [-0.05, 0) is 106 Å². The lowest BCUT2D eigenvalue weighted by Gasteiger charge is -2.02. The lowest BCUT2D eigenvalue weighted by Crippen LogP contribution is -2.16. The Morgan fingerprint density at radius 2 is 1.07 bits per heavy atom. The molecule has 0 bridgehead atoms. The second kappa shape index (κ2) is 33.9. The molecular weight excluding hydrogens is 1110 g/mol. The van der Waals surface area contributed by atoms with Crippen molar-refractivity contribution in [2.75, 3.05) is 12.0 Å². The highest BCUT2D eigenvalue weighted by Gasteiger charge is 2.09. The van der Waals surface area contributed by atoms with Gasteiger partial charge in [-0.1, -0.05) is 58.0 Å². The summed E-state index contributed by atoms with van der Waals surface area (Å²) in [4.78, 5) is 87.8. The van der Waals surface area contributed by atoms with E-state index >= 15 is 0 Å². The maximum absolute atomic E-state index is 11.3. The van der Waals surface area contributed by atoms with E-state index in [1.165, 1.54) is 38.6 Å². The van der Waals surface area contributed by atoms with Crippen molar-refractivity contribution in [3.05, 3.63) is 121 Å². The molecule has 6 aromatic heterocycles. The second-order valence-corrected chi connectivity index (χ2v) is 21.1. The fourth-order valence-electron chi connectivity index (χ4n) is 3.75. The summed E-state index contributed by atoms with van der Waals surface area (Å²) in [5, 5.41) is 21.0. The van der Waals surface area contributed by atoms with Crippen LogP contribution in [0.15, 0.2) is 51.3 Å². The molecule has 374 valence electrons. The number of carbonyl (C=O) groups is 3. The van der Waals surface area contributed by atoms with Crippen LogP contribution < -0.4 is 27.9 Å². The number of Topliss-reactive ketones (excluding diaryl/α,β-unsaturated/α-hetero) is 2. The molecule has 68 heavy (non-hydrogen) atoms. The molecule has 0 radical (unpaired) electrons. The predicted molar refractivity (Wildman–Crippen MR) is 265 cm³/mol. The highest BCUT2D eigenvalue weighted by Crippen LogP contribution is 2.61. The number of hydrogen-bond donors (Lipinski definition) is 7. The third-order valence-corrected chi connectivity index (χ3v) is 7.62. The van der Waals surface area contributed by atoms with Gasteiger partial charge in [0.15, 0.2) is 5.15 Å². The molecule has 0 saturated carbocycles. The summed E-state index contributed by atoms with van der Waals surface area (Å²) in [5.41, 5.74) is 4.59. The maximum atomic E-state index is 11.3. The number of anilines is 1. The summed E-state index contributed by atoms with van der Waals surface area (Å²) >= 11 is 46.9. The zero-order valence-electron chi connectivity index (χ0n) is 36.6. The van der Waals surface area contributed by atoms with Crippen molar-refractivity contribution in [3.8, 4) is 11.9 Å². The number of nitrogen functional groups attached to an aromatic ring is 1. The number of nitrogens with zero attached hydrogens (tertiary/aromatic N) is 9. The van der Waals surface area contributed by atoms with Crippen molar-refractivity contribution < 1.29 is 29.2 Å². The summed E-state index contributed by atoms with van der Waals surface area (Å²) in [6.45, 7) is 13.4. The minimum Gasteiger partial charge on any atom is -0.481 e. The van der Waals surface area contributed by atoms with Gasteiger partial charge in [-0.15, -0.1) is 0 Å². The third-order valence-electron chi connectivity index (χ3n) is 5.96. The van der Waals surface area contributed by atoms with Crippen LogP contribution in [0.1, 0.15) is 56.9 Å². The first-order chi connectivity index (χ1) is 31.4. The van der Waals surface area contributed by atoms with E-state index in [1.54, 1.807) is 16.3 Å². The van der Waals surface area contributed by atoms with Crippen LogP contribution >= 0.6 is 109 Å². The number of aliphatic hydroxyl groups excluding tert-OH is 1. The third kappa shape index (κ3) is 30.8. The van der Waals surface area contributed by atoms with Crippen LogP contribution in [-0.4, -0.2) is 93.8 Å². The fourth-order valence-corrected chi connectivity index (χ4v) is 4.39. The molecule has 0 fully saturated rings. The first kappa shape index (κ1) is 65.6. The van der Waals surface area contributed by atoms with Gasteiger partial charge in [0.1, 0.15) is 26.6 Å². The first-order valence-electron chi connectivity index (χ1n) is 18.0. The molecule has 0 unspecified atom stereocenters. The lowest BCUT2D eigenvalue weighted by atomic mass is 10.2. The van der Waals surface area contributed by atoms with Crippen molar-refractivity contribution >= 4 is 132 Å². The smallest absolute Gasteiger partial charge is 0.339 e. The Morgan fingerprint density at radius 1 is 0.691 bits per heavy atom. The molecule has 6 rings (SSSR count). The average Bonchev–Trinajstić information content (AvgIpc) is 3.74. The number of halogens is 9. The average molecular weight is 1150 g/mol. The molecule has 0 amide bonds. The van der Waals surface area contributed by atoms with E-state index < -0.39 is 22.3 Å². The molecule has 0 aliphatic carbocycles. The maximum Gasteiger partial charge on any atom is 0.339 e. The van der Waals surface area contributed by atoms with Crippen LogP contribution in [0.2, 0.25) is 30.5 Å². The number of H-pyrrole nitrogens is 3. The normalized spacial score (nSPS) is 9.69. The largest absolute Gasteiger partial charge is 0.481 e. The number of ketones is 2. The number of hydrogen-bond acceptors (Lipinski definition) is 17. The van der Waals surface area contributed by atoms with Crippen molar-refractivity contribution in [2.24, 2.45) is 5.84 Å². The molecule has 8 N–H and O–H groups in total.